The van der Waals surface area contributed by atoms with Gasteiger partial charge in [-0.25, -0.2) is 4.98 Å². The van der Waals surface area contributed by atoms with E-state index in [1.165, 1.54) is 0 Å². The first-order valence-corrected chi connectivity index (χ1v) is 6.56. The molecule has 2 N–H and O–H groups in total. The van der Waals surface area contributed by atoms with Crippen LogP contribution in [0.2, 0.25) is 0 Å². The topological polar surface area (TPSA) is 87.5 Å². The van der Waals surface area contributed by atoms with Crippen LogP contribution in [0, 0.1) is 0 Å². The zero-order valence-electron chi connectivity index (χ0n) is 11.0. The lowest BCUT2D eigenvalue weighted by Gasteiger charge is -2.05. The van der Waals surface area contributed by atoms with Crippen LogP contribution in [0.5, 0.6) is 0 Å². The van der Waals surface area contributed by atoms with Crippen LogP contribution in [0.3, 0.4) is 0 Å². The highest BCUT2D eigenvalue weighted by Gasteiger charge is 2.25. The van der Waals surface area contributed by atoms with Gasteiger partial charge in [-0.05, 0) is 11.1 Å². The lowest BCUT2D eigenvalue weighted by molar-refractivity contribution is -0.136. The Labute approximate surface area is 118 Å². The highest BCUT2D eigenvalue weighted by atomic mass is 16.4. The Bertz CT molecular complexity index is 952. The van der Waals surface area contributed by atoms with Gasteiger partial charge in [0.15, 0.2) is 0 Å². The molecule has 0 unspecified atom stereocenters. The molecular weight excluding hydrogens is 270 g/mol. The molecule has 2 aromatic heterocycles. The van der Waals surface area contributed by atoms with Crippen molar-refractivity contribution in [2.45, 2.75) is 12.8 Å². The summed E-state index contributed by atoms with van der Waals surface area (Å²) in [6.45, 7) is 0. The largest absolute Gasteiger partial charge is 0.481 e. The number of benzene rings is 1. The molecule has 0 spiro atoms. The number of fused-ring (bicyclic) bond motifs is 5. The molecule has 0 amide bonds. The molecule has 6 heteroatoms. The number of H-pyrrole nitrogens is 1. The highest BCUT2D eigenvalue weighted by molar-refractivity contribution is 5.78. The number of carbonyl (C=O) groups is 1. The van der Waals surface area contributed by atoms with E-state index in [0.29, 0.717) is 12.1 Å². The summed E-state index contributed by atoms with van der Waals surface area (Å²) in [5.41, 5.74) is 4.47. The third kappa shape index (κ3) is 1.62. The van der Waals surface area contributed by atoms with Gasteiger partial charge in [0, 0.05) is 24.4 Å². The van der Waals surface area contributed by atoms with Crippen molar-refractivity contribution in [3.63, 3.8) is 0 Å². The van der Waals surface area contributed by atoms with E-state index in [1.807, 2.05) is 18.2 Å². The fraction of sp³-hybridized carbons (Fsp3) is 0.133. The minimum Gasteiger partial charge on any atom is -0.481 e. The van der Waals surface area contributed by atoms with Crippen molar-refractivity contribution in [2.75, 3.05) is 0 Å². The van der Waals surface area contributed by atoms with Gasteiger partial charge in [0.2, 0.25) is 5.65 Å². The number of aromatic nitrogens is 3. The van der Waals surface area contributed by atoms with E-state index in [1.54, 1.807) is 16.8 Å². The fourth-order valence-electron chi connectivity index (χ4n) is 3.02. The third-order valence-corrected chi connectivity index (χ3v) is 3.89. The van der Waals surface area contributed by atoms with Gasteiger partial charge < -0.3 is 10.1 Å². The Balaban J connectivity index is 2.00. The van der Waals surface area contributed by atoms with E-state index in [9.17, 15) is 9.59 Å². The number of hydrogen-bond donors (Lipinski definition) is 2. The predicted octanol–water partition coefficient (Wildman–Crippen LogP) is 1.22. The molecule has 0 bridgehead atoms. The van der Waals surface area contributed by atoms with Gasteiger partial charge >= 0.3 is 5.97 Å². The fourth-order valence-corrected chi connectivity index (χ4v) is 3.02. The van der Waals surface area contributed by atoms with Gasteiger partial charge in [0.05, 0.1) is 17.8 Å². The van der Waals surface area contributed by atoms with Gasteiger partial charge in [-0.15, -0.1) is 0 Å². The highest BCUT2D eigenvalue weighted by Crippen LogP contribution is 2.36. The SMILES string of the molecule is O=C(O)Cc1cccc2c1Cc1c-2[nH]c(=O)c2nccn12. The zero-order chi connectivity index (χ0) is 14.6. The summed E-state index contributed by atoms with van der Waals surface area (Å²) in [5.74, 6) is -0.861. The molecule has 1 aliphatic carbocycles. The second-order valence-corrected chi connectivity index (χ2v) is 5.09. The van der Waals surface area contributed by atoms with Gasteiger partial charge in [-0.1, -0.05) is 18.2 Å². The molecule has 0 atom stereocenters. The van der Waals surface area contributed by atoms with Crippen molar-refractivity contribution in [2.24, 2.45) is 0 Å². The first-order chi connectivity index (χ1) is 10.1. The van der Waals surface area contributed by atoms with Crippen molar-refractivity contribution < 1.29 is 9.90 Å². The van der Waals surface area contributed by atoms with Gasteiger partial charge in [0.25, 0.3) is 5.56 Å². The second kappa shape index (κ2) is 4.05. The number of hydrogen-bond acceptors (Lipinski definition) is 3. The summed E-state index contributed by atoms with van der Waals surface area (Å²) >= 11 is 0. The number of rotatable bonds is 2. The van der Waals surface area contributed by atoms with Crippen molar-refractivity contribution in [3.05, 3.63) is 57.8 Å². The lowest BCUT2D eigenvalue weighted by atomic mass is 10.0. The smallest absolute Gasteiger partial charge is 0.307 e. The molecule has 1 aromatic carbocycles. The Morgan fingerprint density at radius 1 is 1.43 bits per heavy atom. The second-order valence-electron chi connectivity index (χ2n) is 5.09. The summed E-state index contributed by atoms with van der Waals surface area (Å²) < 4.78 is 1.78. The molecule has 21 heavy (non-hydrogen) atoms. The maximum absolute atomic E-state index is 12.0. The summed E-state index contributed by atoms with van der Waals surface area (Å²) in [7, 11) is 0. The molecule has 0 radical (unpaired) electrons. The molecule has 0 aliphatic heterocycles. The lowest BCUT2D eigenvalue weighted by Crippen LogP contribution is -2.13. The minimum atomic E-state index is -0.861. The average Bonchev–Trinajstić information content (AvgIpc) is 3.03. The normalized spacial score (nSPS) is 12.4. The standard InChI is InChI=1S/C15H11N3O3/c19-12(20)6-8-2-1-3-9-10(8)7-11-13(9)17-15(21)14-16-4-5-18(11)14/h1-5H,6-7H2,(H,17,21)(H,19,20). The number of aliphatic carboxylic acids is 1. The van der Waals surface area contributed by atoms with Crippen LogP contribution in [-0.4, -0.2) is 25.4 Å². The third-order valence-electron chi connectivity index (χ3n) is 3.89. The number of nitrogens with one attached hydrogen (secondary N) is 1. The van der Waals surface area contributed by atoms with Crippen molar-refractivity contribution in [3.8, 4) is 11.3 Å². The first kappa shape index (κ1) is 11.9. The molecule has 0 saturated carbocycles. The van der Waals surface area contributed by atoms with E-state index in [4.69, 9.17) is 5.11 Å². The summed E-state index contributed by atoms with van der Waals surface area (Å²) in [6.07, 6.45) is 3.92. The Kier molecular flexibility index (Phi) is 2.29. The van der Waals surface area contributed by atoms with E-state index in [-0.39, 0.29) is 12.0 Å². The number of imidazole rings is 1. The predicted molar refractivity (Wildman–Crippen MR) is 75.4 cm³/mol. The zero-order valence-corrected chi connectivity index (χ0v) is 11.0. The number of carboxylic acid groups (broad SMARTS) is 1. The molecular formula is C15H11N3O3. The van der Waals surface area contributed by atoms with Crippen molar-refractivity contribution in [1.29, 1.82) is 0 Å². The quantitative estimate of drug-likeness (QED) is 0.578. The van der Waals surface area contributed by atoms with E-state index >= 15 is 0 Å². The summed E-state index contributed by atoms with van der Waals surface area (Å²) in [4.78, 5) is 30.0. The van der Waals surface area contributed by atoms with Crippen LogP contribution in [0.1, 0.15) is 16.8 Å². The van der Waals surface area contributed by atoms with Crippen LogP contribution >= 0.6 is 0 Å². The Morgan fingerprint density at radius 2 is 2.29 bits per heavy atom. The number of carboxylic acids is 1. The molecule has 0 fully saturated rings. The van der Waals surface area contributed by atoms with Crippen LogP contribution in [-0.2, 0) is 17.6 Å². The molecule has 0 saturated heterocycles. The molecule has 4 rings (SSSR count). The number of nitrogens with zero attached hydrogens (tertiary/aromatic N) is 2. The maximum atomic E-state index is 12.0. The Morgan fingerprint density at radius 3 is 3.10 bits per heavy atom. The average molecular weight is 281 g/mol. The van der Waals surface area contributed by atoms with Crippen molar-refractivity contribution >= 4 is 11.6 Å². The van der Waals surface area contributed by atoms with E-state index < -0.39 is 5.97 Å². The minimum absolute atomic E-state index is 0.0194. The molecule has 104 valence electrons. The van der Waals surface area contributed by atoms with Gasteiger partial charge in [-0.3, -0.25) is 14.0 Å². The molecule has 6 nitrogen and oxygen atoms in total. The van der Waals surface area contributed by atoms with Gasteiger partial charge in [0.1, 0.15) is 0 Å². The summed E-state index contributed by atoms with van der Waals surface area (Å²) in [5, 5.41) is 9.02. The van der Waals surface area contributed by atoms with E-state index in [0.717, 1.165) is 28.1 Å². The van der Waals surface area contributed by atoms with Crippen LogP contribution in [0.15, 0.2) is 35.4 Å². The number of aromatic amines is 1. The molecule has 2 heterocycles. The molecule has 1 aliphatic rings. The maximum Gasteiger partial charge on any atom is 0.307 e. The van der Waals surface area contributed by atoms with Crippen LogP contribution < -0.4 is 5.56 Å². The van der Waals surface area contributed by atoms with Crippen LogP contribution in [0.25, 0.3) is 16.9 Å². The van der Waals surface area contributed by atoms with Crippen molar-refractivity contribution in [1.82, 2.24) is 14.4 Å². The van der Waals surface area contributed by atoms with Gasteiger partial charge in [-0.2, -0.15) is 0 Å². The Hall–Kier alpha value is -2.89. The monoisotopic (exact) mass is 281 g/mol. The first-order valence-electron chi connectivity index (χ1n) is 6.56. The van der Waals surface area contributed by atoms with E-state index in [2.05, 4.69) is 9.97 Å². The molecule has 3 aromatic rings. The summed E-state index contributed by atoms with van der Waals surface area (Å²) in [6, 6.07) is 5.55. The van der Waals surface area contributed by atoms with Crippen LogP contribution in [0.4, 0.5) is 0 Å².